The summed E-state index contributed by atoms with van der Waals surface area (Å²) in [5, 5.41) is 21.2. The van der Waals surface area contributed by atoms with Crippen LogP contribution in [0.2, 0.25) is 0 Å². The lowest BCUT2D eigenvalue weighted by Gasteiger charge is -2.35. The predicted octanol–water partition coefficient (Wildman–Crippen LogP) is 2.55. The number of aliphatic hydroxyl groups is 1. The van der Waals surface area contributed by atoms with E-state index < -0.39 is 10.0 Å². The maximum absolute atomic E-state index is 12.5. The molecule has 0 aromatic carbocycles. The van der Waals surface area contributed by atoms with Gasteiger partial charge in [0.05, 0.1) is 52.3 Å². The molecule has 1 saturated heterocycles. The van der Waals surface area contributed by atoms with Gasteiger partial charge in [0.25, 0.3) is 10.0 Å². The van der Waals surface area contributed by atoms with E-state index in [4.69, 9.17) is 0 Å². The van der Waals surface area contributed by atoms with E-state index in [9.17, 15) is 13.5 Å². The van der Waals surface area contributed by atoms with Crippen molar-refractivity contribution in [1.82, 2.24) is 33.9 Å². The Morgan fingerprint density at radius 3 is 2.54 bits per heavy atom. The Kier molecular flexibility index (Phi) is 7.19. The van der Waals surface area contributed by atoms with Gasteiger partial charge in [-0.2, -0.15) is 14.3 Å². The fraction of sp³-hybridized carbons (Fsp3) is 0.393. The molecule has 0 radical (unpaired) electrons. The molecule has 2 aliphatic rings. The second kappa shape index (κ2) is 10.9. The van der Waals surface area contributed by atoms with Gasteiger partial charge in [-0.3, -0.25) is 4.68 Å². The van der Waals surface area contributed by atoms with Crippen LogP contribution in [0.3, 0.4) is 0 Å². The summed E-state index contributed by atoms with van der Waals surface area (Å²) in [5.41, 5.74) is 3.06. The summed E-state index contributed by atoms with van der Waals surface area (Å²) in [6.07, 6.45) is 12.6. The maximum atomic E-state index is 12.5. The van der Waals surface area contributed by atoms with Gasteiger partial charge in [-0.15, -0.1) is 0 Å². The number of rotatable bonds is 7. The van der Waals surface area contributed by atoms with Crippen LogP contribution in [0.15, 0.2) is 49.3 Å². The Hall–Kier alpha value is -4.28. The number of nitrogens with zero attached hydrogens (tertiary/aromatic N) is 8. The Morgan fingerprint density at radius 2 is 1.83 bits per heavy atom. The lowest BCUT2D eigenvalue weighted by atomic mass is 9.92. The molecule has 0 bridgehead atoms. The van der Waals surface area contributed by atoms with Gasteiger partial charge in [0.1, 0.15) is 11.6 Å². The van der Waals surface area contributed by atoms with Gasteiger partial charge >= 0.3 is 0 Å². The fourth-order valence-corrected chi connectivity index (χ4v) is 6.37. The van der Waals surface area contributed by atoms with Gasteiger partial charge in [-0.1, -0.05) is 11.8 Å². The highest BCUT2D eigenvalue weighted by atomic mass is 32.2. The molecule has 4 aromatic rings. The average molecular weight is 574 g/mol. The first-order valence-electron chi connectivity index (χ1n) is 13.6. The molecule has 13 heteroatoms. The minimum atomic E-state index is -3.47. The van der Waals surface area contributed by atoms with E-state index in [2.05, 4.69) is 47.2 Å². The molecule has 4 aromatic heterocycles. The number of aromatic nitrogens is 7. The minimum Gasteiger partial charge on any atom is -0.393 e. The number of piperidine rings is 1. The third-order valence-corrected chi connectivity index (χ3v) is 9.46. The lowest BCUT2D eigenvalue weighted by Crippen LogP contribution is -2.37. The highest BCUT2D eigenvalue weighted by Gasteiger charge is 2.37. The summed E-state index contributed by atoms with van der Waals surface area (Å²) in [6.45, 7) is 3.45. The summed E-state index contributed by atoms with van der Waals surface area (Å²) in [6, 6.07) is 3.68. The monoisotopic (exact) mass is 573 g/mol. The summed E-state index contributed by atoms with van der Waals surface area (Å²) in [7, 11) is -1.62. The van der Waals surface area contributed by atoms with E-state index in [0.29, 0.717) is 35.9 Å². The minimum absolute atomic E-state index is 0.277. The topological polar surface area (TPSA) is 144 Å². The van der Waals surface area contributed by atoms with E-state index >= 15 is 0 Å². The SMILES string of the molecule is CC(O)C1CCN(c2cc(Nc3ccnc(-c4cnn(S(=O)(=O)C5CC5)c4)n3)ncc2C#Cc2cnn(C)c2)CC1. The van der Waals surface area contributed by atoms with Crippen LogP contribution in [-0.2, 0) is 17.1 Å². The summed E-state index contributed by atoms with van der Waals surface area (Å²) < 4.78 is 27.8. The van der Waals surface area contributed by atoms with Crippen molar-refractivity contribution in [1.29, 1.82) is 0 Å². The Bertz CT molecular complexity index is 1720. The molecule has 6 rings (SSSR count). The summed E-state index contributed by atoms with van der Waals surface area (Å²) in [5.74, 6) is 8.15. The number of aliphatic hydroxyl groups excluding tert-OH is 1. The second-order valence-corrected chi connectivity index (χ2v) is 12.6. The van der Waals surface area contributed by atoms with Crippen molar-refractivity contribution in [2.45, 2.75) is 44.0 Å². The van der Waals surface area contributed by atoms with Gasteiger partial charge in [0.2, 0.25) is 0 Å². The standard InChI is InChI=1S/C28H31N9O3S/c1-19(38)21-8-11-36(12-9-21)25-13-27(30-15-22(25)4-3-20-14-31-35(2)17-20)33-26-7-10-29-28(34-26)23-16-32-37(18-23)41(39,40)24-5-6-24/h7,10,13-19,21,24,38H,5-6,8-9,11-12H2,1-2H3,(H,29,30,33,34). The van der Waals surface area contributed by atoms with Gasteiger partial charge in [0, 0.05) is 44.8 Å². The van der Waals surface area contributed by atoms with Crippen LogP contribution < -0.4 is 10.2 Å². The van der Waals surface area contributed by atoms with Crippen molar-refractivity contribution < 1.29 is 13.5 Å². The van der Waals surface area contributed by atoms with Crippen LogP contribution in [-0.4, -0.2) is 71.9 Å². The van der Waals surface area contributed by atoms with E-state index in [-0.39, 0.29) is 17.3 Å². The molecule has 2 fully saturated rings. The quantitative estimate of drug-likeness (QED) is 0.317. The lowest BCUT2D eigenvalue weighted by molar-refractivity contribution is 0.110. The van der Waals surface area contributed by atoms with E-state index in [1.165, 1.54) is 12.4 Å². The molecule has 212 valence electrons. The van der Waals surface area contributed by atoms with Crippen molar-refractivity contribution in [3.05, 3.63) is 60.4 Å². The zero-order valence-corrected chi connectivity index (χ0v) is 23.7. The van der Waals surface area contributed by atoms with Crippen LogP contribution in [0.1, 0.15) is 43.7 Å². The molecule has 0 spiro atoms. The molecular formula is C28H31N9O3S. The first-order chi connectivity index (χ1) is 19.8. The Labute approximate surface area is 238 Å². The molecule has 1 saturated carbocycles. The molecule has 41 heavy (non-hydrogen) atoms. The van der Waals surface area contributed by atoms with Crippen molar-refractivity contribution in [3.8, 4) is 23.2 Å². The van der Waals surface area contributed by atoms with Crippen molar-refractivity contribution in [2.75, 3.05) is 23.3 Å². The Balaban J connectivity index is 1.26. The smallest absolute Gasteiger partial charge is 0.256 e. The number of pyridine rings is 1. The van der Waals surface area contributed by atoms with Crippen molar-refractivity contribution >= 4 is 27.3 Å². The molecule has 2 N–H and O–H groups in total. The summed E-state index contributed by atoms with van der Waals surface area (Å²) >= 11 is 0. The third-order valence-electron chi connectivity index (χ3n) is 7.43. The molecule has 1 atom stereocenters. The van der Waals surface area contributed by atoms with Crippen LogP contribution in [0, 0.1) is 17.8 Å². The number of aryl methyl sites for hydroxylation is 1. The number of anilines is 3. The average Bonchev–Trinajstić information content (AvgIpc) is 3.57. The predicted molar refractivity (Wildman–Crippen MR) is 154 cm³/mol. The highest BCUT2D eigenvalue weighted by molar-refractivity contribution is 7.90. The van der Waals surface area contributed by atoms with Crippen LogP contribution in [0.25, 0.3) is 11.4 Å². The number of hydrogen-bond acceptors (Lipinski definition) is 10. The van der Waals surface area contributed by atoms with Gasteiger partial charge < -0.3 is 15.3 Å². The first-order valence-corrected chi connectivity index (χ1v) is 15.1. The molecular weight excluding hydrogens is 542 g/mol. The number of hydrogen-bond donors (Lipinski definition) is 2. The fourth-order valence-electron chi connectivity index (χ4n) is 4.90. The molecule has 1 unspecified atom stereocenters. The zero-order valence-electron chi connectivity index (χ0n) is 22.8. The van der Waals surface area contributed by atoms with E-state index in [0.717, 1.165) is 46.8 Å². The summed E-state index contributed by atoms with van der Waals surface area (Å²) in [4.78, 5) is 15.8. The van der Waals surface area contributed by atoms with Crippen LogP contribution >= 0.6 is 0 Å². The highest BCUT2D eigenvalue weighted by Crippen LogP contribution is 2.31. The van der Waals surface area contributed by atoms with Gasteiger partial charge in [0.15, 0.2) is 5.82 Å². The second-order valence-electron chi connectivity index (χ2n) is 10.5. The maximum Gasteiger partial charge on any atom is 0.256 e. The molecule has 1 aliphatic carbocycles. The first kappa shape index (κ1) is 26.9. The molecule has 1 aliphatic heterocycles. The molecule has 5 heterocycles. The van der Waals surface area contributed by atoms with Crippen LogP contribution in [0.4, 0.5) is 17.3 Å². The zero-order chi connectivity index (χ0) is 28.6. The van der Waals surface area contributed by atoms with E-state index in [1.807, 2.05) is 26.2 Å². The van der Waals surface area contributed by atoms with Crippen molar-refractivity contribution in [3.63, 3.8) is 0 Å². The van der Waals surface area contributed by atoms with E-state index in [1.54, 1.807) is 29.3 Å². The number of nitrogens with one attached hydrogen (secondary N) is 1. The molecule has 0 amide bonds. The molecule has 12 nitrogen and oxygen atoms in total. The third kappa shape index (κ3) is 5.94. The largest absolute Gasteiger partial charge is 0.393 e. The van der Waals surface area contributed by atoms with Gasteiger partial charge in [-0.25, -0.2) is 23.4 Å². The van der Waals surface area contributed by atoms with Crippen LogP contribution in [0.5, 0.6) is 0 Å². The Morgan fingerprint density at radius 1 is 1.02 bits per heavy atom. The normalized spacial score (nSPS) is 16.7. The van der Waals surface area contributed by atoms with Crippen molar-refractivity contribution in [2.24, 2.45) is 13.0 Å². The van der Waals surface area contributed by atoms with Gasteiger partial charge in [-0.05, 0) is 44.6 Å².